The zero-order valence-corrected chi connectivity index (χ0v) is 7.83. The summed E-state index contributed by atoms with van der Waals surface area (Å²) in [5, 5.41) is 7.23. The Hall–Kier alpha value is -0.510. The van der Waals surface area contributed by atoms with Gasteiger partial charge in [-0.25, -0.2) is 4.79 Å². The summed E-state index contributed by atoms with van der Waals surface area (Å²) in [4.78, 5) is 10.9. The van der Waals surface area contributed by atoms with Crippen LogP contribution in [0.5, 0.6) is 0 Å². The summed E-state index contributed by atoms with van der Waals surface area (Å²) >= 11 is 1.46. The number of hydrogen-bond donors (Lipinski definition) is 1. The fourth-order valence-electron chi connectivity index (χ4n) is 0.493. The maximum atomic E-state index is 10.9. The van der Waals surface area contributed by atoms with Crippen LogP contribution in [0.15, 0.2) is 0 Å². The van der Waals surface area contributed by atoms with Gasteiger partial charge < -0.3 is 4.74 Å². The van der Waals surface area contributed by atoms with Crippen molar-refractivity contribution in [2.45, 2.75) is 19.1 Å². The maximum Gasteiger partial charge on any atom is 0.353 e. The molecule has 3 nitrogen and oxygen atoms in total. The maximum absolute atomic E-state index is 10.9. The summed E-state index contributed by atoms with van der Waals surface area (Å²) in [5.74, 6) is -0.505. The molecule has 0 heterocycles. The van der Waals surface area contributed by atoms with Crippen molar-refractivity contribution in [1.82, 2.24) is 0 Å². The molecule has 0 aromatic rings. The Kier molecular flexibility index (Phi) is 4.94. The Balaban J connectivity index is 3.92. The standard InChI is InChI=1S/C7H13NO2S/c1-4-10-7(9)6(8)5(2)11-3/h5,8H,4H2,1-3H3. The normalized spacial score (nSPS) is 12.3. The predicted octanol–water partition coefficient (Wildman–Crippen LogP) is 1.32. The Labute approximate surface area is 71.0 Å². The lowest BCUT2D eigenvalue weighted by molar-refractivity contribution is -0.135. The largest absolute Gasteiger partial charge is 0.461 e. The Bertz CT molecular complexity index is 159. The fourth-order valence-corrected chi connectivity index (χ4v) is 0.825. The van der Waals surface area contributed by atoms with Gasteiger partial charge in [-0.05, 0) is 20.1 Å². The molecule has 0 fully saturated rings. The highest BCUT2D eigenvalue weighted by Crippen LogP contribution is 2.06. The van der Waals surface area contributed by atoms with Gasteiger partial charge in [0.1, 0.15) is 5.71 Å². The smallest absolute Gasteiger partial charge is 0.353 e. The molecule has 0 saturated carbocycles. The Morgan fingerprint density at radius 3 is 2.64 bits per heavy atom. The van der Waals surface area contributed by atoms with Gasteiger partial charge in [-0.3, -0.25) is 5.41 Å². The summed E-state index contributed by atoms with van der Waals surface area (Å²) < 4.78 is 4.65. The van der Waals surface area contributed by atoms with Crippen molar-refractivity contribution < 1.29 is 9.53 Å². The van der Waals surface area contributed by atoms with Crippen LogP contribution in [0.25, 0.3) is 0 Å². The van der Waals surface area contributed by atoms with E-state index in [-0.39, 0.29) is 11.0 Å². The lowest BCUT2D eigenvalue weighted by Gasteiger charge is -2.07. The third-order valence-electron chi connectivity index (χ3n) is 1.26. The topological polar surface area (TPSA) is 50.2 Å². The number of ether oxygens (including phenoxy) is 1. The summed E-state index contributed by atoms with van der Waals surface area (Å²) in [5.41, 5.74) is 0.0411. The number of rotatable bonds is 4. The van der Waals surface area contributed by atoms with Crippen LogP contribution in [0.2, 0.25) is 0 Å². The van der Waals surface area contributed by atoms with Gasteiger partial charge in [-0.15, -0.1) is 0 Å². The van der Waals surface area contributed by atoms with E-state index in [4.69, 9.17) is 5.41 Å². The van der Waals surface area contributed by atoms with E-state index >= 15 is 0 Å². The molecule has 64 valence electrons. The van der Waals surface area contributed by atoms with E-state index in [0.29, 0.717) is 6.61 Å². The SMILES string of the molecule is CCOC(=O)C(=N)C(C)SC. The summed E-state index contributed by atoms with van der Waals surface area (Å²) in [6.45, 7) is 3.88. The van der Waals surface area contributed by atoms with Gasteiger partial charge in [-0.2, -0.15) is 11.8 Å². The lowest BCUT2D eigenvalue weighted by atomic mass is 10.3. The van der Waals surface area contributed by atoms with Gasteiger partial charge >= 0.3 is 5.97 Å². The number of thioether (sulfide) groups is 1. The van der Waals surface area contributed by atoms with Crippen LogP contribution in [0, 0.1) is 5.41 Å². The first kappa shape index (κ1) is 10.5. The predicted molar refractivity (Wildman–Crippen MR) is 47.3 cm³/mol. The van der Waals surface area contributed by atoms with Gasteiger partial charge in [0.05, 0.1) is 11.9 Å². The van der Waals surface area contributed by atoms with Crippen LogP contribution in [0.3, 0.4) is 0 Å². The van der Waals surface area contributed by atoms with Gasteiger partial charge in [0.25, 0.3) is 0 Å². The molecule has 0 aromatic heterocycles. The van der Waals surface area contributed by atoms with Crippen molar-refractivity contribution in [2.75, 3.05) is 12.9 Å². The Morgan fingerprint density at radius 2 is 2.27 bits per heavy atom. The molecule has 11 heavy (non-hydrogen) atoms. The number of esters is 1. The van der Waals surface area contributed by atoms with Crippen molar-refractivity contribution >= 4 is 23.4 Å². The fraction of sp³-hybridized carbons (Fsp3) is 0.714. The second-order valence-corrected chi connectivity index (χ2v) is 3.19. The van der Waals surface area contributed by atoms with Crippen LogP contribution in [-0.2, 0) is 9.53 Å². The average molecular weight is 175 g/mol. The van der Waals surface area contributed by atoms with Gasteiger partial charge in [-0.1, -0.05) is 0 Å². The van der Waals surface area contributed by atoms with Gasteiger partial charge in [0.15, 0.2) is 0 Å². The molecule has 0 aliphatic heterocycles. The van der Waals surface area contributed by atoms with E-state index < -0.39 is 5.97 Å². The molecule has 0 radical (unpaired) electrons. The highest BCUT2D eigenvalue weighted by molar-refractivity contribution is 8.00. The average Bonchev–Trinajstić information content (AvgIpc) is 2.02. The molecule has 0 rings (SSSR count). The minimum absolute atomic E-state index is 0.0411. The molecule has 1 unspecified atom stereocenters. The monoisotopic (exact) mass is 175 g/mol. The molecule has 0 bridgehead atoms. The summed E-state index contributed by atoms with van der Waals surface area (Å²) in [6, 6.07) is 0. The first-order valence-corrected chi connectivity index (χ1v) is 4.70. The van der Waals surface area contributed by atoms with E-state index in [2.05, 4.69) is 4.74 Å². The quantitative estimate of drug-likeness (QED) is 0.518. The zero-order valence-electron chi connectivity index (χ0n) is 7.01. The van der Waals surface area contributed by atoms with Crippen LogP contribution in [0.1, 0.15) is 13.8 Å². The van der Waals surface area contributed by atoms with Crippen molar-refractivity contribution in [3.63, 3.8) is 0 Å². The molecule has 1 atom stereocenters. The van der Waals surface area contributed by atoms with E-state index in [1.165, 1.54) is 11.8 Å². The summed E-state index contributed by atoms with van der Waals surface area (Å²) in [7, 11) is 0. The molecular formula is C7H13NO2S. The van der Waals surface area contributed by atoms with E-state index in [1.807, 2.05) is 13.2 Å². The minimum atomic E-state index is -0.505. The first-order chi connectivity index (χ1) is 5.13. The van der Waals surface area contributed by atoms with Crippen molar-refractivity contribution in [2.24, 2.45) is 0 Å². The van der Waals surface area contributed by atoms with Crippen molar-refractivity contribution in [3.8, 4) is 0 Å². The van der Waals surface area contributed by atoms with Gasteiger partial charge in [0.2, 0.25) is 0 Å². The third kappa shape index (κ3) is 3.41. The van der Waals surface area contributed by atoms with E-state index in [9.17, 15) is 4.79 Å². The zero-order chi connectivity index (χ0) is 8.85. The van der Waals surface area contributed by atoms with Gasteiger partial charge in [0, 0.05) is 0 Å². The molecule has 0 spiro atoms. The third-order valence-corrected chi connectivity index (χ3v) is 2.20. The molecule has 4 heteroatoms. The molecular weight excluding hydrogens is 162 g/mol. The first-order valence-electron chi connectivity index (χ1n) is 3.41. The molecule has 1 N–H and O–H groups in total. The number of carbonyl (C=O) groups excluding carboxylic acids is 1. The highest BCUT2D eigenvalue weighted by Gasteiger charge is 2.16. The second-order valence-electron chi connectivity index (χ2n) is 2.01. The van der Waals surface area contributed by atoms with Crippen molar-refractivity contribution in [1.29, 1.82) is 5.41 Å². The van der Waals surface area contributed by atoms with E-state index in [0.717, 1.165) is 0 Å². The number of hydrogen-bond acceptors (Lipinski definition) is 4. The Morgan fingerprint density at radius 1 is 1.73 bits per heavy atom. The van der Waals surface area contributed by atoms with Crippen LogP contribution < -0.4 is 0 Å². The summed E-state index contributed by atoms with van der Waals surface area (Å²) in [6.07, 6.45) is 1.86. The lowest BCUT2D eigenvalue weighted by Crippen LogP contribution is -2.24. The number of nitrogens with one attached hydrogen (secondary N) is 1. The van der Waals surface area contributed by atoms with Crippen LogP contribution in [-0.4, -0.2) is 29.8 Å². The molecule has 0 aromatic carbocycles. The van der Waals surface area contributed by atoms with E-state index in [1.54, 1.807) is 6.92 Å². The second kappa shape index (κ2) is 5.18. The minimum Gasteiger partial charge on any atom is -0.461 e. The molecule has 0 aliphatic rings. The van der Waals surface area contributed by atoms with Crippen molar-refractivity contribution in [3.05, 3.63) is 0 Å². The highest BCUT2D eigenvalue weighted by atomic mass is 32.2. The molecule has 0 amide bonds. The van der Waals surface area contributed by atoms with Crippen LogP contribution >= 0.6 is 11.8 Å². The van der Waals surface area contributed by atoms with Crippen LogP contribution in [0.4, 0.5) is 0 Å². The molecule has 0 saturated heterocycles. The number of carbonyl (C=O) groups is 1. The molecule has 0 aliphatic carbocycles.